The molecule has 0 saturated heterocycles. The van der Waals surface area contributed by atoms with Gasteiger partial charge in [0.05, 0.1) is 4.90 Å². The Balaban J connectivity index is 2.83. The third kappa shape index (κ3) is 6.16. The molecule has 0 aliphatic carbocycles. The molecular weight excluding hydrogens is 328 g/mol. The summed E-state index contributed by atoms with van der Waals surface area (Å²) in [5.74, 6) is 1.22. The number of hydrogen-bond donors (Lipinski definition) is 2. The molecule has 0 aliphatic rings. The summed E-state index contributed by atoms with van der Waals surface area (Å²) in [5.41, 5.74) is 0.790. The number of thioether (sulfide) groups is 1. The Hall–Kier alpha value is -0.270. The number of nitrogens with one attached hydrogen (secondary N) is 2. The second kappa shape index (κ2) is 9.00. The van der Waals surface area contributed by atoms with Crippen molar-refractivity contribution in [3.05, 3.63) is 28.8 Å². The van der Waals surface area contributed by atoms with E-state index in [1.807, 2.05) is 20.1 Å². The van der Waals surface area contributed by atoms with Crippen LogP contribution in [0.25, 0.3) is 0 Å². The van der Waals surface area contributed by atoms with Crippen molar-refractivity contribution in [1.29, 1.82) is 0 Å². The molecule has 1 aromatic rings. The van der Waals surface area contributed by atoms with Gasteiger partial charge in [0.2, 0.25) is 10.0 Å². The lowest BCUT2D eigenvalue weighted by Gasteiger charge is -2.13. The Bertz CT molecular complexity index is 550. The monoisotopic (exact) mass is 350 g/mol. The van der Waals surface area contributed by atoms with Crippen LogP contribution in [0.5, 0.6) is 0 Å². The average Bonchev–Trinajstić information content (AvgIpc) is 2.44. The summed E-state index contributed by atoms with van der Waals surface area (Å²) >= 11 is 7.80. The van der Waals surface area contributed by atoms with E-state index >= 15 is 0 Å². The molecule has 1 atom stereocenters. The normalized spacial score (nSPS) is 13.3. The Labute approximate surface area is 137 Å². The summed E-state index contributed by atoms with van der Waals surface area (Å²) in [4.78, 5) is 0.260. The van der Waals surface area contributed by atoms with Crippen LogP contribution < -0.4 is 10.0 Å². The Morgan fingerprint density at radius 1 is 1.38 bits per heavy atom. The second-order valence-corrected chi connectivity index (χ2v) is 8.03. The highest BCUT2D eigenvalue weighted by Crippen LogP contribution is 2.20. The van der Waals surface area contributed by atoms with E-state index < -0.39 is 10.0 Å². The molecule has 0 fully saturated rings. The van der Waals surface area contributed by atoms with Crippen LogP contribution in [0.15, 0.2) is 23.1 Å². The Kier molecular flexibility index (Phi) is 8.05. The zero-order chi connectivity index (χ0) is 15.9. The SMILES string of the molecule is CCNCc1cc(S(=O)(=O)NCC(C)CSC)ccc1Cl. The van der Waals surface area contributed by atoms with Gasteiger partial charge < -0.3 is 5.32 Å². The number of hydrogen-bond acceptors (Lipinski definition) is 4. The first-order valence-corrected chi connectivity index (χ1v) is 10.1. The van der Waals surface area contributed by atoms with E-state index in [0.29, 0.717) is 24.0 Å². The molecule has 7 heteroatoms. The second-order valence-electron chi connectivity index (χ2n) is 4.95. The maximum atomic E-state index is 12.3. The zero-order valence-corrected chi connectivity index (χ0v) is 15.0. The standard InChI is InChI=1S/C14H23ClN2O2S2/c1-4-16-9-12-7-13(5-6-14(12)15)21(18,19)17-8-11(2)10-20-3/h5-7,11,16-17H,4,8-10H2,1-3H3. The van der Waals surface area contributed by atoms with Crippen LogP contribution in [0, 0.1) is 5.92 Å². The van der Waals surface area contributed by atoms with E-state index in [4.69, 9.17) is 11.6 Å². The molecule has 0 amide bonds. The van der Waals surface area contributed by atoms with Crippen molar-refractivity contribution < 1.29 is 8.42 Å². The third-order valence-corrected chi connectivity index (χ3v) is 5.66. The maximum absolute atomic E-state index is 12.3. The summed E-state index contributed by atoms with van der Waals surface area (Å²) in [5, 5.41) is 3.72. The van der Waals surface area contributed by atoms with Gasteiger partial charge in [-0.15, -0.1) is 0 Å². The Morgan fingerprint density at radius 3 is 2.71 bits per heavy atom. The highest BCUT2D eigenvalue weighted by molar-refractivity contribution is 7.98. The molecule has 0 aliphatic heterocycles. The molecule has 1 rings (SSSR count). The minimum atomic E-state index is -3.48. The molecular formula is C14H23ClN2O2S2. The van der Waals surface area contributed by atoms with Crippen molar-refractivity contribution in [2.24, 2.45) is 5.92 Å². The van der Waals surface area contributed by atoms with Crippen molar-refractivity contribution in [3.8, 4) is 0 Å². The van der Waals surface area contributed by atoms with Crippen molar-refractivity contribution in [3.63, 3.8) is 0 Å². The molecule has 0 aromatic heterocycles. The predicted octanol–water partition coefficient (Wildman–Crippen LogP) is 2.73. The van der Waals surface area contributed by atoms with Gasteiger partial charge in [-0.1, -0.05) is 25.4 Å². The molecule has 120 valence electrons. The summed E-state index contributed by atoms with van der Waals surface area (Å²) < 4.78 is 27.3. The summed E-state index contributed by atoms with van der Waals surface area (Å²) in [6.45, 7) is 5.81. The molecule has 0 radical (unpaired) electrons. The van der Waals surface area contributed by atoms with Gasteiger partial charge in [0.25, 0.3) is 0 Å². The number of halogens is 1. The minimum absolute atomic E-state index is 0.260. The van der Waals surface area contributed by atoms with E-state index in [9.17, 15) is 8.42 Å². The molecule has 1 unspecified atom stereocenters. The fraction of sp³-hybridized carbons (Fsp3) is 0.571. The quantitative estimate of drug-likeness (QED) is 0.719. The molecule has 0 saturated carbocycles. The first-order chi connectivity index (χ1) is 9.90. The van der Waals surface area contributed by atoms with Crippen molar-refractivity contribution in [2.45, 2.75) is 25.3 Å². The molecule has 0 spiro atoms. The average molecular weight is 351 g/mol. The fourth-order valence-electron chi connectivity index (χ4n) is 1.79. The van der Waals surface area contributed by atoms with Crippen molar-refractivity contribution in [2.75, 3.05) is 25.1 Å². The summed E-state index contributed by atoms with van der Waals surface area (Å²) in [6, 6.07) is 4.81. The zero-order valence-electron chi connectivity index (χ0n) is 12.6. The van der Waals surface area contributed by atoms with Crippen molar-refractivity contribution >= 4 is 33.4 Å². The van der Waals surface area contributed by atoms with Crippen LogP contribution in [-0.4, -0.2) is 33.5 Å². The van der Waals surface area contributed by atoms with Gasteiger partial charge in [-0.05, 0) is 48.2 Å². The highest BCUT2D eigenvalue weighted by Gasteiger charge is 2.16. The summed E-state index contributed by atoms with van der Waals surface area (Å²) in [7, 11) is -3.48. The van der Waals surface area contributed by atoms with E-state index in [-0.39, 0.29) is 4.90 Å². The number of sulfonamides is 1. The van der Waals surface area contributed by atoms with Crippen molar-refractivity contribution in [1.82, 2.24) is 10.0 Å². The molecule has 1 aromatic carbocycles. The highest BCUT2D eigenvalue weighted by atomic mass is 35.5. The maximum Gasteiger partial charge on any atom is 0.240 e. The largest absolute Gasteiger partial charge is 0.313 e. The van der Waals surface area contributed by atoms with E-state index in [0.717, 1.165) is 17.9 Å². The van der Waals surface area contributed by atoms with Crippen LogP contribution in [0.4, 0.5) is 0 Å². The predicted molar refractivity (Wildman–Crippen MR) is 91.6 cm³/mol. The molecule has 0 bridgehead atoms. The minimum Gasteiger partial charge on any atom is -0.313 e. The lowest BCUT2D eigenvalue weighted by Crippen LogP contribution is -2.29. The molecule has 0 heterocycles. The van der Waals surface area contributed by atoms with Gasteiger partial charge in [0, 0.05) is 18.1 Å². The topological polar surface area (TPSA) is 58.2 Å². The van der Waals surface area contributed by atoms with E-state index in [2.05, 4.69) is 10.0 Å². The van der Waals surface area contributed by atoms with Crippen LogP contribution in [-0.2, 0) is 16.6 Å². The smallest absolute Gasteiger partial charge is 0.240 e. The lowest BCUT2D eigenvalue weighted by molar-refractivity contribution is 0.562. The first kappa shape index (κ1) is 18.8. The van der Waals surface area contributed by atoms with Gasteiger partial charge in [0.15, 0.2) is 0 Å². The first-order valence-electron chi connectivity index (χ1n) is 6.88. The van der Waals surface area contributed by atoms with E-state index in [1.165, 1.54) is 0 Å². The van der Waals surface area contributed by atoms with Gasteiger partial charge >= 0.3 is 0 Å². The van der Waals surface area contributed by atoms with Gasteiger partial charge in [-0.3, -0.25) is 0 Å². The van der Waals surface area contributed by atoms with Gasteiger partial charge in [0.1, 0.15) is 0 Å². The van der Waals surface area contributed by atoms with Crippen LogP contribution in [0.3, 0.4) is 0 Å². The number of rotatable bonds is 9. The Morgan fingerprint density at radius 2 is 2.10 bits per heavy atom. The van der Waals surface area contributed by atoms with Gasteiger partial charge in [-0.2, -0.15) is 11.8 Å². The summed E-state index contributed by atoms with van der Waals surface area (Å²) in [6.07, 6.45) is 2.01. The molecule has 21 heavy (non-hydrogen) atoms. The third-order valence-electron chi connectivity index (χ3n) is 2.97. The number of benzene rings is 1. The lowest BCUT2D eigenvalue weighted by atomic mass is 10.2. The molecule has 2 N–H and O–H groups in total. The fourth-order valence-corrected chi connectivity index (χ4v) is 3.88. The van der Waals surface area contributed by atoms with E-state index in [1.54, 1.807) is 30.0 Å². The van der Waals surface area contributed by atoms with Crippen LogP contribution >= 0.6 is 23.4 Å². The van der Waals surface area contributed by atoms with Gasteiger partial charge in [-0.25, -0.2) is 13.1 Å². The van der Waals surface area contributed by atoms with Crippen LogP contribution in [0.1, 0.15) is 19.4 Å². The van der Waals surface area contributed by atoms with Crippen LogP contribution in [0.2, 0.25) is 5.02 Å². The molecule has 4 nitrogen and oxygen atoms in total.